The maximum Gasteiger partial charge on any atom is 0.229 e. The summed E-state index contributed by atoms with van der Waals surface area (Å²) in [4.78, 5) is 8.32. The lowest BCUT2D eigenvalue weighted by Crippen LogP contribution is -2.11. The molecule has 0 aliphatic heterocycles. The van der Waals surface area contributed by atoms with Gasteiger partial charge in [0.2, 0.25) is 16.0 Å². The molecular formula is C19H19ClFN5O3S. The van der Waals surface area contributed by atoms with Crippen molar-refractivity contribution in [2.75, 3.05) is 28.7 Å². The van der Waals surface area contributed by atoms with Gasteiger partial charge in [0.15, 0.2) is 5.82 Å². The molecule has 3 aromatic rings. The van der Waals surface area contributed by atoms with E-state index >= 15 is 0 Å². The zero-order valence-corrected chi connectivity index (χ0v) is 17.9. The van der Waals surface area contributed by atoms with E-state index in [4.69, 9.17) is 16.3 Å². The van der Waals surface area contributed by atoms with Crippen LogP contribution in [0.1, 0.15) is 5.56 Å². The summed E-state index contributed by atoms with van der Waals surface area (Å²) in [5.41, 5.74) is 1.78. The quantitative estimate of drug-likeness (QED) is 0.487. The number of hydrogen-bond acceptors (Lipinski definition) is 7. The van der Waals surface area contributed by atoms with Crippen molar-refractivity contribution in [2.24, 2.45) is 0 Å². The molecule has 0 spiro atoms. The molecule has 0 amide bonds. The minimum absolute atomic E-state index is 0.0932. The lowest BCUT2D eigenvalue weighted by Gasteiger charge is -2.15. The fourth-order valence-electron chi connectivity index (χ4n) is 2.54. The van der Waals surface area contributed by atoms with Crippen LogP contribution in [0.4, 0.5) is 33.2 Å². The highest BCUT2D eigenvalue weighted by Crippen LogP contribution is 2.31. The van der Waals surface area contributed by atoms with Crippen LogP contribution in [0, 0.1) is 12.7 Å². The van der Waals surface area contributed by atoms with Crippen molar-refractivity contribution in [1.29, 1.82) is 0 Å². The Labute approximate surface area is 178 Å². The number of halogens is 2. The molecule has 0 unspecified atom stereocenters. The van der Waals surface area contributed by atoms with Crippen LogP contribution in [-0.4, -0.2) is 31.8 Å². The Morgan fingerprint density at radius 2 is 1.80 bits per heavy atom. The number of anilines is 5. The zero-order valence-electron chi connectivity index (χ0n) is 16.3. The second kappa shape index (κ2) is 8.72. The molecule has 1 heterocycles. The smallest absolute Gasteiger partial charge is 0.229 e. The van der Waals surface area contributed by atoms with E-state index in [9.17, 15) is 12.8 Å². The van der Waals surface area contributed by atoms with Crippen molar-refractivity contribution in [1.82, 2.24) is 9.97 Å². The third-order valence-electron chi connectivity index (χ3n) is 3.89. The van der Waals surface area contributed by atoms with Gasteiger partial charge in [-0.15, -0.1) is 0 Å². The van der Waals surface area contributed by atoms with Crippen LogP contribution in [0.2, 0.25) is 5.02 Å². The van der Waals surface area contributed by atoms with Crippen molar-refractivity contribution in [3.63, 3.8) is 0 Å². The maximum atomic E-state index is 14.2. The molecule has 0 bridgehead atoms. The first-order chi connectivity index (χ1) is 14.1. The summed E-state index contributed by atoms with van der Waals surface area (Å²) in [7, 11) is -2.05. The Kier molecular flexibility index (Phi) is 6.28. The van der Waals surface area contributed by atoms with E-state index in [2.05, 4.69) is 25.3 Å². The Morgan fingerprint density at radius 1 is 1.07 bits per heavy atom. The summed E-state index contributed by atoms with van der Waals surface area (Å²) in [6.07, 6.45) is 2.40. The van der Waals surface area contributed by atoms with Crippen LogP contribution in [0.3, 0.4) is 0 Å². The number of aromatic nitrogens is 2. The van der Waals surface area contributed by atoms with Gasteiger partial charge < -0.3 is 15.4 Å². The van der Waals surface area contributed by atoms with Gasteiger partial charge in [0, 0.05) is 6.07 Å². The summed E-state index contributed by atoms with van der Waals surface area (Å²) in [6.45, 7) is 1.83. The minimum atomic E-state index is -3.50. The van der Waals surface area contributed by atoms with Crippen molar-refractivity contribution >= 4 is 50.5 Å². The van der Waals surface area contributed by atoms with Crippen LogP contribution in [-0.2, 0) is 10.0 Å². The molecule has 0 aliphatic rings. The van der Waals surface area contributed by atoms with Gasteiger partial charge in [-0.25, -0.2) is 17.8 Å². The number of rotatable bonds is 7. The van der Waals surface area contributed by atoms with Crippen LogP contribution in [0.15, 0.2) is 42.6 Å². The molecule has 3 rings (SSSR count). The zero-order chi connectivity index (χ0) is 21.9. The Balaban J connectivity index is 1.90. The second-order valence-electron chi connectivity index (χ2n) is 6.41. The highest BCUT2D eigenvalue weighted by atomic mass is 35.5. The van der Waals surface area contributed by atoms with Gasteiger partial charge in [-0.1, -0.05) is 17.7 Å². The number of ether oxygens (including phenoxy) is 1. The molecule has 0 saturated carbocycles. The Bertz CT molecular complexity index is 1190. The van der Waals surface area contributed by atoms with E-state index in [1.165, 1.54) is 25.4 Å². The van der Waals surface area contributed by atoms with Gasteiger partial charge >= 0.3 is 0 Å². The van der Waals surface area contributed by atoms with E-state index < -0.39 is 15.8 Å². The average molecular weight is 452 g/mol. The predicted molar refractivity (Wildman–Crippen MR) is 116 cm³/mol. The Morgan fingerprint density at radius 3 is 2.47 bits per heavy atom. The third-order valence-corrected chi connectivity index (χ3v) is 4.76. The number of hydrogen-bond donors (Lipinski definition) is 3. The van der Waals surface area contributed by atoms with Crippen LogP contribution in [0.5, 0.6) is 5.75 Å². The fourth-order valence-corrected chi connectivity index (χ4v) is 3.25. The molecule has 8 nitrogen and oxygen atoms in total. The minimum Gasteiger partial charge on any atom is -0.497 e. The highest BCUT2D eigenvalue weighted by molar-refractivity contribution is 7.92. The molecule has 0 aliphatic carbocycles. The van der Waals surface area contributed by atoms with Gasteiger partial charge in [0.1, 0.15) is 16.6 Å². The van der Waals surface area contributed by atoms with Crippen molar-refractivity contribution in [3.05, 3.63) is 59.0 Å². The molecule has 0 fully saturated rings. The van der Waals surface area contributed by atoms with Gasteiger partial charge in [0.25, 0.3) is 0 Å². The molecule has 0 atom stereocenters. The van der Waals surface area contributed by atoms with Gasteiger partial charge in [-0.05, 0) is 36.8 Å². The largest absolute Gasteiger partial charge is 0.497 e. The summed E-state index contributed by atoms with van der Waals surface area (Å²) >= 11 is 6.19. The number of sulfonamides is 1. The molecule has 3 N–H and O–H groups in total. The number of nitrogens with one attached hydrogen (secondary N) is 3. The fraction of sp³-hybridized carbons (Fsp3) is 0.158. The van der Waals surface area contributed by atoms with E-state index in [1.807, 2.05) is 6.92 Å². The van der Waals surface area contributed by atoms with E-state index in [0.717, 1.165) is 11.8 Å². The van der Waals surface area contributed by atoms with Gasteiger partial charge in [-0.3, -0.25) is 4.72 Å². The SMILES string of the molecule is COc1ccc(Nc2ncc(Cl)c(Nc3ccc(C)cc3NS(C)(=O)=O)n2)c(F)c1. The topological polar surface area (TPSA) is 105 Å². The standard InChI is InChI=1S/C19H19ClFN5O3S/c1-11-4-6-16(17(8-11)26-30(3,27)28)23-18-13(20)10-22-19(25-18)24-15-7-5-12(29-2)9-14(15)21/h4-10,26H,1-3H3,(H2,22,23,24,25). The number of nitrogens with zero attached hydrogens (tertiary/aromatic N) is 2. The number of methoxy groups -OCH3 is 1. The highest BCUT2D eigenvalue weighted by Gasteiger charge is 2.13. The average Bonchev–Trinajstić information content (AvgIpc) is 2.66. The monoisotopic (exact) mass is 451 g/mol. The summed E-state index contributed by atoms with van der Waals surface area (Å²) in [6, 6.07) is 9.48. The van der Waals surface area contributed by atoms with Crippen LogP contribution >= 0.6 is 11.6 Å². The number of aryl methyl sites for hydroxylation is 1. The Hall–Kier alpha value is -3.11. The first-order valence-corrected chi connectivity index (χ1v) is 10.9. The first-order valence-electron chi connectivity index (χ1n) is 8.63. The summed E-state index contributed by atoms with van der Waals surface area (Å²) in [5.74, 6) is 0.141. The number of benzene rings is 2. The second-order valence-corrected chi connectivity index (χ2v) is 8.56. The molecule has 158 valence electrons. The third kappa shape index (κ3) is 5.49. The van der Waals surface area contributed by atoms with E-state index in [-0.39, 0.29) is 22.5 Å². The first kappa shape index (κ1) is 21.6. The molecule has 30 heavy (non-hydrogen) atoms. The van der Waals surface area contributed by atoms with Crippen molar-refractivity contribution in [3.8, 4) is 5.75 Å². The van der Waals surface area contributed by atoms with Crippen LogP contribution in [0.25, 0.3) is 0 Å². The van der Waals surface area contributed by atoms with Gasteiger partial charge in [-0.2, -0.15) is 4.98 Å². The summed E-state index contributed by atoms with van der Waals surface area (Å²) < 4.78 is 45.0. The molecular weight excluding hydrogens is 433 g/mol. The normalized spacial score (nSPS) is 11.1. The van der Waals surface area contributed by atoms with E-state index in [0.29, 0.717) is 17.1 Å². The molecule has 2 aromatic carbocycles. The summed E-state index contributed by atoms with van der Waals surface area (Å²) in [5, 5.41) is 5.96. The van der Waals surface area contributed by atoms with Gasteiger partial charge in [0.05, 0.1) is 36.6 Å². The molecule has 0 radical (unpaired) electrons. The van der Waals surface area contributed by atoms with Crippen molar-refractivity contribution < 1.29 is 17.5 Å². The lowest BCUT2D eigenvalue weighted by atomic mass is 10.2. The lowest BCUT2D eigenvalue weighted by molar-refractivity contribution is 0.411. The predicted octanol–water partition coefficient (Wildman–Crippen LogP) is 4.44. The molecule has 0 saturated heterocycles. The van der Waals surface area contributed by atoms with Crippen LogP contribution < -0.4 is 20.1 Å². The van der Waals surface area contributed by atoms with Crippen molar-refractivity contribution in [2.45, 2.75) is 6.92 Å². The van der Waals surface area contributed by atoms with E-state index in [1.54, 1.807) is 24.3 Å². The maximum absolute atomic E-state index is 14.2. The molecule has 1 aromatic heterocycles. The molecule has 11 heteroatoms.